The molecule has 1 heterocycles. The Morgan fingerprint density at radius 2 is 2.00 bits per heavy atom. The van der Waals surface area contributed by atoms with Crippen LogP contribution in [0.2, 0.25) is 0 Å². The summed E-state index contributed by atoms with van der Waals surface area (Å²) in [6.45, 7) is 1.80. The molecule has 0 aromatic heterocycles. The third-order valence-electron chi connectivity index (χ3n) is 4.86. The van der Waals surface area contributed by atoms with E-state index in [1.54, 1.807) is 6.92 Å². The molecule has 3 rings (SSSR count). The molecule has 3 N–H and O–H groups in total. The van der Waals surface area contributed by atoms with Crippen LogP contribution in [0, 0.1) is 11.7 Å². The van der Waals surface area contributed by atoms with E-state index in [1.807, 2.05) is 12.1 Å². The standard InChI is InChI=1S/C16H21FN2O/c1-16(18)9-14(19-15(16)20)13-4-2-3-12(13)10-5-7-11(17)8-6-10/h5-8,12-14H,2-4,9,18H2,1H3,(H,19,20)/t12?,13?,14?,16-/m1/s1. The molecule has 0 spiro atoms. The highest BCUT2D eigenvalue weighted by Crippen LogP contribution is 2.44. The fourth-order valence-corrected chi connectivity index (χ4v) is 3.79. The summed E-state index contributed by atoms with van der Waals surface area (Å²) in [5.41, 5.74) is 6.45. The molecule has 1 aromatic rings. The number of halogens is 1. The number of nitrogens with one attached hydrogen (secondary N) is 1. The average Bonchev–Trinajstić information content (AvgIpc) is 2.96. The van der Waals surface area contributed by atoms with Gasteiger partial charge in [-0.15, -0.1) is 0 Å². The molecule has 1 aromatic carbocycles. The molecule has 2 fully saturated rings. The van der Waals surface area contributed by atoms with E-state index in [4.69, 9.17) is 5.73 Å². The van der Waals surface area contributed by atoms with E-state index >= 15 is 0 Å². The lowest BCUT2D eigenvalue weighted by atomic mass is 9.81. The number of carbonyl (C=O) groups excluding carboxylic acids is 1. The van der Waals surface area contributed by atoms with Crippen LogP contribution in [0.4, 0.5) is 4.39 Å². The van der Waals surface area contributed by atoms with Crippen LogP contribution in [-0.4, -0.2) is 17.5 Å². The highest BCUT2D eigenvalue weighted by Gasteiger charge is 2.45. The van der Waals surface area contributed by atoms with E-state index < -0.39 is 5.54 Å². The number of benzene rings is 1. The molecular weight excluding hydrogens is 255 g/mol. The lowest BCUT2D eigenvalue weighted by molar-refractivity contribution is -0.123. The van der Waals surface area contributed by atoms with Crippen molar-refractivity contribution in [1.29, 1.82) is 0 Å². The first-order valence-electron chi connectivity index (χ1n) is 7.33. The summed E-state index contributed by atoms with van der Waals surface area (Å²) < 4.78 is 13.1. The van der Waals surface area contributed by atoms with Crippen molar-refractivity contribution in [3.05, 3.63) is 35.6 Å². The van der Waals surface area contributed by atoms with Crippen LogP contribution >= 0.6 is 0 Å². The van der Waals surface area contributed by atoms with Crippen molar-refractivity contribution in [1.82, 2.24) is 5.32 Å². The van der Waals surface area contributed by atoms with Gasteiger partial charge in [0.25, 0.3) is 0 Å². The molecule has 3 unspecified atom stereocenters. The number of rotatable bonds is 2. The fraction of sp³-hybridized carbons (Fsp3) is 0.562. The number of nitrogens with two attached hydrogens (primary N) is 1. The Kier molecular flexibility index (Phi) is 3.28. The molecule has 4 atom stereocenters. The van der Waals surface area contributed by atoms with E-state index in [9.17, 15) is 9.18 Å². The Balaban J connectivity index is 1.80. The van der Waals surface area contributed by atoms with Gasteiger partial charge in [0.2, 0.25) is 5.91 Å². The van der Waals surface area contributed by atoms with Gasteiger partial charge in [-0.1, -0.05) is 18.6 Å². The molecule has 20 heavy (non-hydrogen) atoms. The fourth-order valence-electron chi connectivity index (χ4n) is 3.79. The summed E-state index contributed by atoms with van der Waals surface area (Å²) in [4.78, 5) is 11.9. The van der Waals surface area contributed by atoms with Crippen LogP contribution in [0.3, 0.4) is 0 Å². The van der Waals surface area contributed by atoms with Gasteiger partial charge in [0.15, 0.2) is 0 Å². The van der Waals surface area contributed by atoms with Crippen LogP contribution in [-0.2, 0) is 4.79 Å². The summed E-state index contributed by atoms with van der Waals surface area (Å²) in [5.74, 6) is 0.559. The second-order valence-corrected chi connectivity index (χ2v) is 6.45. The Labute approximate surface area is 118 Å². The monoisotopic (exact) mass is 276 g/mol. The highest BCUT2D eigenvalue weighted by atomic mass is 19.1. The molecule has 1 aliphatic carbocycles. The maximum atomic E-state index is 13.1. The lowest BCUT2D eigenvalue weighted by Gasteiger charge is -2.26. The largest absolute Gasteiger partial charge is 0.351 e. The van der Waals surface area contributed by atoms with Crippen molar-refractivity contribution in [2.24, 2.45) is 11.7 Å². The second-order valence-electron chi connectivity index (χ2n) is 6.45. The maximum Gasteiger partial charge on any atom is 0.240 e. The maximum absolute atomic E-state index is 13.1. The quantitative estimate of drug-likeness (QED) is 0.871. The number of hydrogen-bond donors (Lipinski definition) is 2. The Bertz CT molecular complexity index is 512. The number of hydrogen-bond acceptors (Lipinski definition) is 2. The first-order chi connectivity index (χ1) is 9.47. The number of amides is 1. The van der Waals surface area contributed by atoms with Crippen molar-refractivity contribution < 1.29 is 9.18 Å². The van der Waals surface area contributed by atoms with E-state index in [0.717, 1.165) is 19.3 Å². The van der Waals surface area contributed by atoms with E-state index in [2.05, 4.69) is 5.32 Å². The molecule has 2 aliphatic rings. The molecule has 1 saturated carbocycles. The zero-order valence-electron chi connectivity index (χ0n) is 11.7. The minimum atomic E-state index is -0.749. The Morgan fingerprint density at radius 3 is 2.60 bits per heavy atom. The molecule has 0 bridgehead atoms. The van der Waals surface area contributed by atoms with Crippen LogP contribution in [0.25, 0.3) is 0 Å². The van der Waals surface area contributed by atoms with Gasteiger partial charge < -0.3 is 11.1 Å². The lowest BCUT2D eigenvalue weighted by Crippen LogP contribution is -2.43. The van der Waals surface area contributed by atoms with Gasteiger partial charge in [0, 0.05) is 6.04 Å². The minimum Gasteiger partial charge on any atom is -0.351 e. The summed E-state index contributed by atoms with van der Waals surface area (Å²) >= 11 is 0. The van der Waals surface area contributed by atoms with Gasteiger partial charge >= 0.3 is 0 Å². The SMILES string of the molecule is C[C@@]1(N)CC(C2CCCC2c2ccc(F)cc2)NC1=O. The zero-order valence-corrected chi connectivity index (χ0v) is 11.7. The van der Waals surface area contributed by atoms with Gasteiger partial charge in [-0.05, 0) is 55.7 Å². The predicted octanol–water partition coefficient (Wildman–Crippen LogP) is 2.32. The van der Waals surface area contributed by atoms with Crippen LogP contribution in [0.5, 0.6) is 0 Å². The van der Waals surface area contributed by atoms with Gasteiger partial charge in [-0.3, -0.25) is 4.79 Å². The second kappa shape index (κ2) is 4.85. The Morgan fingerprint density at radius 1 is 1.30 bits per heavy atom. The van der Waals surface area contributed by atoms with Gasteiger partial charge in [0.05, 0.1) is 5.54 Å². The van der Waals surface area contributed by atoms with Gasteiger partial charge in [-0.25, -0.2) is 4.39 Å². The van der Waals surface area contributed by atoms with Crippen molar-refractivity contribution in [3.63, 3.8) is 0 Å². The van der Waals surface area contributed by atoms with Crippen molar-refractivity contribution >= 4 is 5.91 Å². The third kappa shape index (κ3) is 2.33. The molecule has 3 nitrogen and oxygen atoms in total. The smallest absolute Gasteiger partial charge is 0.240 e. The van der Waals surface area contributed by atoms with Crippen molar-refractivity contribution in [3.8, 4) is 0 Å². The van der Waals surface area contributed by atoms with E-state index in [1.165, 1.54) is 17.7 Å². The van der Waals surface area contributed by atoms with Crippen molar-refractivity contribution in [2.75, 3.05) is 0 Å². The van der Waals surface area contributed by atoms with Gasteiger partial charge in [-0.2, -0.15) is 0 Å². The molecule has 0 radical (unpaired) electrons. The third-order valence-corrected chi connectivity index (χ3v) is 4.86. The van der Waals surface area contributed by atoms with Gasteiger partial charge in [0.1, 0.15) is 5.82 Å². The first-order valence-corrected chi connectivity index (χ1v) is 7.33. The topological polar surface area (TPSA) is 55.1 Å². The molecule has 1 aliphatic heterocycles. The summed E-state index contributed by atoms with van der Waals surface area (Å²) in [7, 11) is 0. The summed E-state index contributed by atoms with van der Waals surface area (Å²) in [5, 5.41) is 3.06. The summed E-state index contributed by atoms with van der Waals surface area (Å²) in [6, 6.07) is 6.93. The van der Waals surface area contributed by atoms with Crippen LogP contribution < -0.4 is 11.1 Å². The van der Waals surface area contributed by atoms with E-state index in [-0.39, 0.29) is 17.8 Å². The highest BCUT2D eigenvalue weighted by molar-refractivity contribution is 5.88. The van der Waals surface area contributed by atoms with Crippen LogP contribution in [0.1, 0.15) is 44.1 Å². The van der Waals surface area contributed by atoms with E-state index in [0.29, 0.717) is 18.3 Å². The molecule has 4 heteroatoms. The number of carbonyl (C=O) groups is 1. The average molecular weight is 276 g/mol. The molecule has 108 valence electrons. The predicted molar refractivity (Wildman–Crippen MR) is 75.6 cm³/mol. The molecule has 1 saturated heterocycles. The molecular formula is C16H21FN2O. The normalized spacial score (nSPS) is 37.1. The van der Waals surface area contributed by atoms with Crippen LogP contribution in [0.15, 0.2) is 24.3 Å². The Hall–Kier alpha value is -1.42. The zero-order chi connectivity index (χ0) is 14.3. The first kappa shape index (κ1) is 13.6. The van der Waals surface area contributed by atoms with Crippen molar-refractivity contribution in [2.45, 2.75) is 50.1 Å². The minimum absolute atomic E-state index is 0.0488. The summed E-state index contributed by atoms with van der Waals surface area (Å²) in [6.07, 6.45) is 4.04. The molecule has 1 amide bonds.